The number of carbonyl (C=O) groups excluding carboxylic acids is 1. The average Bonchev–Trinajstić information content (AvgIpc) is 2.36. The van der Waals surface area contributed by atoms with Gasteiger partial charge in [-0.15, -0.1) is 0 Å². The van der Waals surface area contributed by atoms with E-state index in [1.165, 1.54) is 7.11 Å². The second-order valence-corrected chi connectivity index (χ2v) is 5.23. The highest BCUT2D eigenvalue weighted by Gasteiger charge is 2.55. The summed E-state index contributed by atoms with van der Waals surface area (Å²) in [5, 5.41) is 6.64. The summed E-state index contributed by atoms with van der Waals surface area (Å²) in [5.41, 5.74) is 0.0216. The number of esters is 1. The first-order chi connectivity index (χ1) is 9.05. The molecule has 3 atom stereocenters. The fraction of sp³-hybridized carbons (Fsp3) is 0.385. The third-order valence-electron chi connectivity index (χ3n) is 3.61. The van der Waals surface area contributed by atoms with E-state index in [2.05, 4.69) is 10.6 Å². The molecule has 0 saturated carbocycles. The molecule has 0 amide bonds. The van der Waals surface area contributed by atoms with Gasteiger partial charge in [-0.2, -0.15) is 0 Å². The highest BCUT2D eigenvalue weighted by Crippen LogP contribution is 2.44. The molecule has 19 heavy (non-hydrogen) atoms. The normalized spacial score (nSPS) is 31.4. The molecule has 6 heteroatoms. The second-order valence-electron chi connectivity index (χ2n) is 4.82. The number of thiocarbonyl (C=S) groups is 1. The Labute approximate surface area is 116 Å². The van der Waals surface area contributed by atoms with Gasteiger partial charge in [-0.1, -0.05) is 18.2 Å². The monoisotopic (exact) mass is 278 g/mol. The summed E-state index contributed by atoms with van der Waals surface area (Å²) in [6.07, 6.45) is 0. The molecule has 5 nitrogen and oxygen atoms in total. The lowest BCUT2D eigenvalue weighted by Crippen LogP contribution is -2.69. The summed E-state index contributed by atoms with van der Waals surface area (Å²) in [6, 6.07) is 7.37. The SMILES string of the molecule is COC(=O)C1C2NC(=S)N[C@@]1(C)Oc1ccccc12. The first-order valence-electron chi connectivity index (χ1n) is 5.99. The zero-order chi connectivity index (χ0) is 13.6. The highest BCUT2D eigenvalue weighted by atomic mass is 32.1. The highest BCUT2D eigenvalue weighted by molar-refractivity contribution is 7.80. The first-order valence-corrected chi connectivity index (χ1v) is 6.40. The van der Waals surface area contributed by atoms with Crippen LogP contribution in [0.3, 0.4) is 0 Å². The lowest BCUT2D eigenvalue weighted by atomic mass is 9.80. The van der Waals surface area contributed by atoms with Gasteiger partial charge in [-0.05, 0) is 25.2 Å². The summed E-state index contributed by atoms with van der Waals surface area (Å²) in [5.74, 6) is -0.0822. The predicted octanol–water partition coefficient (Wildman–Crippen LogP) is 1.10. The van der Waals surface area contributed by atoms with Crippen molar-refractivity contribution in [1.82, 2.24) is 10.6 Å². The zero-order valence-electron chi connectivity index (χ0n) is 10.6. The van der Waals surface area contributed by atoms with E-state index in [1.54, 1.807) is 0 Å². The molecule has 1 aromatic rings. The van der Waals surface area contributed by atoms with Gasteiger partial charge in [0, 0.05) is 5.56 Å². The maximum atomic E-state index is 12.1. The van der Waals surface area contributed by atoms with Gasteiger partial charge in [0.2, 0.25) is 0 Å². The number of rotatable bonds is 1. The molecule has 0 aromatic heterocycles. The van der Waals surface area contributed by atoms with Crippen LogP contribution in [0.2, 0.25) is 0 Å². The molecule has 100 valence electrons. The Morgan fingerprint density at radius 3 is 2.95 bits per heavy atom. The molecule has 2 aliphatic heterocycles. The third-order valence-corrected chi connectivity index (χ3v) is 3.83. The number of benzene rings is 1. The molecule has 2 bridgehead atoms. The van der Waals surface area contributed by atoms with Crippen LogP contribution >= 0.6 is 12.2 Å². The molecule has 1 saturated heterocycles. The summed E-state index contributed by atoms with van der Waals surface area (Å²) in [7, 11) is 1.38. The number of hydrogen-bond donors (Lipinski definition) is 2. The molecule has 1 fully saturated rings. The summed E-state index contributed by atoms with van der Waals surface area (Å²) < 4.78 is 10.9. The van der Waals surface area contributed by atoms with Crippen LogP contribution in [0.1, 0.15) is 18.5 Å². The van der Waals surface area contributed by atoms with Crippen molar-refractivity contribution in [3.05, 3.63) is 29.8 Å². The van der Waals surface area contributed by atoms with Gasteiger partial charge in [-0.3, -0.25) is 4.79 Å². The zero-order valence-corrected chi connectivity index (χ0v) is 11.4. The van der Waals surface area contributed by atoms with Crippen LogP contribution in [0.15, 0.2) is 24.3 Å². The van der Waals surface area contributed by atoms with Crippen LogP contribution in [0.4, 0.5) is 0 Å². The minimum absolute atomic E-state index is 0.240. The molecule has 2 heterocycles. The van der Waals surface area contributed by atoms with Crippen LogP contribution < -0.4 is 15.4 Å². The molecule has 3 rings (SSSR count). The smallest absolute Gasteiger partial charge is 0.317 e. The number of para-hydroxylation sites is 1. The number of hydrogen-bond acceptors (Lipinski definition) is 4. The summed E-state index contributed by atoms with van der Waals surface area (Å²) >= 11 is 5.18. The Balaban J connectivity index is 2.14. The molecule has 0 radical (unpaired) electrons. The van der Waals surface area contributed by atoms with E-state index in [9.17, 15) is 4.79 Å². The van der Waals surface area contributed by atoms with Crippen molar-refractivity contribution in [2.24, 2.45) is 5.92 Å². The van der Waals surface area contributed by atoms with Crippen molar-refractivity contribution in [3.8, 4) is 5.75 Å². The van der Waals surface area contributed by atoms with Gasteiger partial charge in [0.25, 0.3) is 0 Å². The molecule has 2 aliphatic rings. The van der Waals surface area contributed by atoms with Gasteiger partial charge < -0.3 is 20.1 Å². The summed E-state index contributed by atoms with van der Waals surface area (Å²) in [6.45, 7) is 1.81. The van der Waals surface area contributed by atoms with Crippen molar-refractivity contribution in [2.75, 3.05) is 7.11 Å². The van der Waals surface area contributed by atoms with Crippen molar-refractivity contribution in [1.29, 1.82) is 0 Å². The molecule has 0 spiro atoms. The number of carbonyl (C=O) groups is 1. The quantitative estimate of drug-likeness (QED) is 0.593. The minimum atomic E-state index is -0.894. The van der Waals surface area contributed by atoms with Crippen molar-refractivity contribution in [3.63, 3.8) is 0 Å². The number of fused-ring (bicyclic) bond motifs is 4. The molecular formula is C13H14N2O3S. The maximum absolute atomic E-state index is 12.1. The van der Waals surface area contributed by atoms with Crippen molar-refractivity contribution in [2.45, 2.75) is 18.7 Å². The van der Waals surface area contributed by atoms with Crippen molar-refractivity contribution >= 4 is 23.3 Å². The van der Waals surface area contributed by atoms with Gasteiger partial charge in [0.15, 0.2) is 10.8 Å². The van der Waals surface area contributed by atoms with E-state index < -0.39 is 11.6 Å². The average molecular weight is 278 g/mol. The Morgan fingerprint density at radius 1 is 1.47 bits per heavy atom. The van der Waals surface area contributed by atoms with Crippen LogP contribution in [0.5, 0.6) is 5.75 Å². The fourth-order valence-corrected chi connectivity index (χ4v) is 3.10. The summed E-state index contributed by atoms with van der Waals surface area (Å²) in [4.78, 5) is 12.1. The van der Waals surface area contributed by atoms with Gasteiger partial charge in [0.1, 0.15) is 11.7 Å². The van der Waals surface area contributed by atoms with E-state index in [0.29, 0.717) is 5.11 Å². The molecule has 2 unspecified atom stereocenters. The van der Waals surface area contributed by atoms with E-state index in [4.69, 9.17) is 21.7 Å². The third kappa shape index (κ3) is 1.74. The number of nitrogens with one attached hydrogen (secondary N) is 2. The lowest BCUT2D eigenvalue weighted by Gasteiger charge is -2.49. The Kier molecular flexibility index (Phi) is 2.63. The van der Waals surface area contributed by atoms with Gasteiger partial charge in [-0.25, -0.2) is 0 Å². The Hall–Kier alpha value is -1.82. The predicted molar refractivity (Wildman–Crippen MR) is 72.6 cm³/mol. The van der Waals surface area contributed by atoms with E-state index in [1.807, 2.05) is 31.2 Å². The van der Waals surface area contributed by atoms with Gasteiger partial charge >= 0.3 is 5.97 Å². The molecule has 0 aliphatic carbocycles. The van der Waals surface area contributed by atoms with Crippen LogP contribution in [-0.2, 0) is 9.53 Å². The first kappa shape index (κ1) is 12.2. The Morgan fingerprint density at radius 2 is 2.21 bits per heavy atom. The lowest BCUT2D eigenvalue weighted by molar-refractivity contribution is -0.159. The maximum Gasteiger partial charge on any atom is 0.317 e. The van der Waals surface area contributed by atoms with Crippen LogP contribution in [0.25, 0.3) is 0 Å². The van der Waals surface area contributed by atoms with Gasteiger partial charge in [0.05, 0.1) is 13.2 Å². The second kappa shape index (κ2) is 4.09. The van der Waals surface area contributed by atoms with Crippen LogP contribution in [-0.4, -0.2) is 23.9 Å². The van der Waals surface area contributed by atoms with Crippen molar-refractivity contribution < 1.29 is 14.3 Å². The molecule has 1 aromatic carbocycles. The largest absolute Gasteiger partial charge is 0.469 e. The molecular weight excluding hydrogens is 264 g/mol. The topological polar surface area (TPSA) is 59.6 Å². The Bertz CT molecular complexity index is 563. The van der Waals surface area contributed by atoms with E-state index in [-0.39, 0.29) is 12.0 Å². The molecule has 2 N–H and O–H groups in total. The van der Waals surface area contributed by atoms with E-state index >= 15 is 0 Å². The minimum Gasteiger partial charge on any atom is -0.469 e. The van der Waals surface area contributed by atoms with E-state index in [0.717, 1.165) is 11.3 Å². The number of ether oxygens (including phenoxy) is 2. The fourth-order valence-electron chi connectivity index (χ4n) is 2.77. The van der Waals surface area contributed by atoms with Crippen LogP contribution in [0, 0.1) is 5.92 Å². The standard InChI is InChI=1S/C13H14N2O3S/c1-13-9(11(16)17-2)10(14-12(19)15-13)7-5-3-4-6-8(7)18-13/h3-6,9-10H,1-2H3,(H2,14,15,19)/t9?,10?,13-/m0/s1. The number of methoxy groups -OCH3 is 1.